The van der Waals surface area contributed by atoms with E-state index in [1.807, 2.05) is 6.07 Å². The Bertz CT molecular complexity index is 413. The molecule has 2 unspecified atom stereocenters. The Morgan fingerprint density at radius 3 is 2.90 bits per heavy atom. The molecule has 1 aliphatic rings. The van der Waals surface area contributed by atoms with Crippen LogP contribution < -0.4 is 5.32 Å². The topological polar surface area (TPSA) is 24.5 Å². The van der Waals surface area contributed by atoms with Crippen molar-refractivity contribution in [2.24, 2.45) is 0 Å². The molecule has 2 rings (SSSR count). The van der Waals surface area contributed by atoms with Gasteiger partial charge in [0, 0.05) is 19.6 Å². The first-order valence-corrected chi connectivity index (χ1v) is 7.46. The van der Waals surface area contributed by atoms with Crippen LogP contribution >= 0.6 is 0 Å². The van der Waals surface area contributed by atoms with Gasteiger partial charge in [0.25, 0.3) is 0 Å². The molecule has 3 nitrogen and oxygen atoms in total. The van der Waals surface area contributed by atoms with Crippen molar-refractivity contribution < 1.29 is 9.13 Å². The maximum Gasteiger partial charge on any atom is 0.123 e. The Kier molecular flexibility index (Phi) is 5.95. The summed E-state index contributed by atoms with van der Waals surface area (Å²) in [5.41, 5.74) is 1.01. The fraction of sp³-hybridized carbons (Fsp3) is 0.625. The Balaban J connectivity index is 1.74. The third-order valence-corrected chi connectivity index (χ3v) is 3.67. The van der Waals surface area contributed by atoms with Gasteiger partial charge in [0.05, 0.1) is 12.2 Å². The summed E-state index contributed by atoms with van der Waals surface area (Å²) in [6.07, 6.45) is 2.90. The van der Waals surface area contributed by atoms with Gasteiger partial charge in [0.2, 0.25) is 0 Å². The molecule has 1 fully saturated rings. The van der Waals surface area contributed by atoms with Crippen molar-refractivity contribution >= 4 is 0 Å². The van der Waals surface area contributed by atoms with Gasteiger partial charge in [-0.3, -0.25) is 4.90 Å². The summed E-state index contributed by atoms with van der Waals surface area (Å²) in [7, 11) is 2.06. The van der Waals surface area contributed by atoms with E-state index in [9.17, 15) is 4.39 Å². The number of halogens is 1. The zero-order chi connectivity index (χ0) is 14.4. The average Bonchev–Trinajstić information content (AvgIpc) is 2.83. The van der Waals surface area contributed by atoms with Gasteiger partial charge in [-0.15, -0.1) is 0 Å². The summed E-state index contributed by atoms with van der Waals surface area (Å²) in [6, 6.07) is 6.80. The predicted molar refractivity (Wildman–Crippen MR) is 79.2 cm³/mol. The molecule has 2 atom stereocenters. The smallest absolute Gasteiger partial charge is 0.123 e. The molecule has 0 bridgehead atoms. The van der Waals surface area contributed by atoms with Gasteiger partial charge >= 0.3 is 0 Å². The van der Waals surface area contributed by atoms with E-state index in [1.165, 1.54) is 6.07 Å². The Morgan fingerprint density at radius 1 is 1.35 bits per heavy atom. The molecule has 0 radical (unpaired) electrons. The first-order chi connectivity index (χ1) is 9.67. The molecule has 1 aromatic rings. The second-order valence-corrected chi connectivity index (χ2v) is 5.59. The summed E-state index contributed by atoms with van der Waals surface area (Å²) in [5.74, 6) is -0.168. The Morgan fingerprint density at radius 2 is 2.15 bits per heavy atom. The second-order valence-electron chi connectivity index (χ2n) is 5.59. The van der Waals surface area contributed by atoms with Crippen LogP contribution in [0.15, 0.2) is 24.3 Å². The normalized spacial score (nSPS) is 22.6. The van der Waals surface area contributed by atoms with Crippen LogP contribution in [0.5, 0.6) is 0 Å². The minimum absolute atomic E-state index is 0.168. The number of hydrogen-bond donors (Lipinski definition) is 1. The van der Waals surface area contributed by atoms with Gasteiger partial charge in [-0.1, -0.05) is 19.1 Å². The molecule has 0 saturated carbocycles. The number of benzene rings is 1. The molecule has 0 aromatic heterocycles. The van der Waals surface area contributed by atoms with Crippen LogP contribution in [0, 0.1) is 5.82 Å². The molecule has 1 N–H and O–H groups in total. The highest BCUT2D eigenvalue weighted by Crippen LogP contribution is 2.20. The quantitative estimate of drug-likeness (QED) is 0.830. The van der Waals surface area contributed by atoms with Crippen LogP contribution in [-0.2, 0) is 11.3 Å². The maximum atomic E-state index is 13.1. The van der Waals surface area contributed by atoms with Crippen molar-refractivity contribution in [3.8, 4) is 0 Å². The van der Waals surface area contributed by atoms with Crippen LogP contribution in [0.1, 0.15) is 25.3 Å². The molecule has 0 amide bonds. The van der Waals surface area contributed by atoms with Gasteiger partial charge in [0.15, 0.2) is 0 Å². The molecular formula is C16H25FN2O. The fourth-order valence-corrected chi connectivity index (χ4v) is 2.73. The second kappa shape index (κ2) is 7.72. The highest BCUT2D eigenvalue weighted by molar-refractivity contribution is 5.16. The van der Waals surface area contributed by atoms with Gasteiger partial charge in [-0.25, -0.2) is 4.39 Å². The highest BCUT2D eigenvalue weighted by atomic mass is 19.1. The van der Waals surface area contributed by atoms with Crippen LogP contribution in [0.2, 0.25) is 0 Å². The van der Waals surface area contributed by atoms with E-state index in [0.29, 0.717) is 12.2 Å². The van der Waals surface area contributed by atoms with Gasteiger partial charge in [-0.05, 0) is 44.1 Å². The van der Waals surface area contributed by atoms with Gasteiger partial charge in [0.1, 0.15) is 5.82 Å². The zero-order valence-electron chi connectivity index (χ0n) is 12.4. The summed E-state index contributed by atoms with van der Waals surface area (Å²) in [4.78, 5) is 2.20. The van der Waals surface area contributed by atoms with Gasteiger partial charge in [-0.2, -0.15) is 0 Å². The van der Waals surface area contributed by atoms with Gasteiger partial charge < -0.3 is 10.1 Å². The highest BCUT2D eigenvalue weighted by Gasteiger charge is 2.25. The lowest BCUT2D eigenvalue weighted by molar-refractivity contribution is 0.0269. The molecule has 0 spiro atoms. The number of nitrogens with one attached hydrogen (secondary N) is 1. The number of ether oxygens (including phenoxy) is 1. The van der Waals surface area contributed by atoms with E-state index >= 15 is 0 Å². The van der Waals surface area contributed by atoms with Crippen molar-refractivity contribution in [3.05, 3.63) is 35.6 Å². The minimum atomic E-state index is -0.168. The fourth-order valence-electron chi connectivity index (χ4n) is 2.73. The molecule has 0 aliphatic carbocycles. The SMILES string of the molecule is CCNCC1CCC(CN(C)Cc2cccc(F)c2)O1. The van der Waals surface area contributed by atoms with E-state index in [2.05, 4.69) is 24.2 Å². The molecule has 20 heavy (non-hydrogen) atoms. The van der Waals surface area contributed by atoms with Crippen LogP contribution in [0.3, 0.4) is 0 Å². The van der Waals surface area contributed by atoms with Crippen molar-refractivity contribution in [1.29, 1.82) is 0 Å². The third-order valence-electron chi connectivity index (χ3n) is 3.67. The average molecular weight is 280 g/mol. The van der Waals surface area contributed by atoms with E-state index < -0.39 is 0 Å². The number of nitrogens with zero attached hydrogens (tertiary/aromatic N) is 1. The molecule has 1 heterocycles. The van der Waals surface area contributed by atoms with Crippen molar-refractivity contribution in [2.75, 3.05) is 26.7 Å². The van der Waals surface area contributed by atoms with Crippen molar-refractivity contribution in [3.63, 3.8) is 0 Å². The first-order valence-electron chi connectivity index (χ1n) is 7.46. The first kappa shape index (κ1) is 15.4. The molecule has 1 aromatic carbocycles. The summed E-state index contributed by atoms with van der Waals surface area (Å²) in [5, 5.41) is 3.33. The standard InChI is InChI=1S/C16H25FN2O/c1-3-18-10-15-7-8-16(20-15)12-19(2)11-13-5-4-6-14(17)9-13/h4-6,9,15-16,18H,3,7-8,10-12H2,1-2H3. The molecular weight excluding hydrogens is 255 g/mol. The van der Waals surface area contributed by atoms with Crippen LogP contribution in [-0.4, -0.2) is 43.8 Å². The largest absolute Gasteiger partial charge is 0.372 e. The monoisotopic (exact) mass is 280 g/mol. The summed E-state index contributed by atoms with van der Waals surface area (Å²) in [6.45, 7) is 5.71. The number of rotatable bonds is 7. The molecule has 1 saturated heterocycles. The molecule has 4 heteroatoms. The predicted octanol–water partition coefficient (Wildman–Crippen LogP) is 2.41. The lowest BCUT2D eigenvalue weighted by atomic mass is 10.1. The van der Waals surface area contributed by atoms with E-state index in [1.54, 1.807) is 12.1 Å². The van der Waals surface area contributed by atoms with E-state index in [-0.39, 0.29) is 5.82 Å². The molecule has 112 valence electrons. The number of hydrogen-bond acceptors (Lipinski definition) is 3. The number of likely N-dealkylation sites (N-methyl/N-ethyl adjacent to an activating group) is 2. The summed E-state index contributed by atoms with van der Waals surface area (Å²) < 4.78 is 19.2. The lowest BCUT2D eigenvalue weighted by Crippen LogP contribution is -2.31. The van der Waals surface area contributed by atoms with E-state index in [0.717, 1.165) is 44.6 Å². The Labute approximate surface area is 121 Å². The van der Waals surface area contributed by atoms with Crippen LogP contribution in [0.4, 0.5) is 4.39 Å². The van der Waals surface area contributed by atoms with Crippen LogP contribution in [0.25, 0.3) is 0 Å². The maximum absolute atomic E-state index is 13.1. The van der Waals surface area contributed by atoms with Crippen molar-refractivity contribution in [1.82, 2.24) is 10.2 Å². The molecule has 1 aliphatic heterocycles. The minimum Gasteiger partial charge on any atom is -0.372 e. The third kappa shape index (κ3) is 4.85. The lowest BCUT2D eigenvalue weighted by Gasteiger charge is -2.21. The Hall–Kier alpha value is -0.970. The summed E-state index contributed by atoms with van der Waals surface area (Å²) >= 11 is 0. The zero-order valence-corrected chi connectivity index (χ0v) is 12.4. The van der Waals surface area contributed by atoms with Crippen molar-refractivity contribution in [2.45, 2.75) is 38.5 Å². The van der Waals surface area contributed by atoms with E-state index in [4.69, 9.17) is 4.74 Å².